The van der Waals surface area contributed by atoms with Gasteiger partial charge < -0.3 is 4.74 Å². The highest BCUT2D eigenvalue weighted by molar-refractivity contribution is 5.96. The maximum absolute atomic E-state index is 11.1. The van der Waals surface area contributed by atoms with E-state index in [0.29, 0.717) is 12.5 Å². The van der Waals surface area contributed by atoms with E-state index in [1.54, 1.807) is 13.8 Å². The molecule has 0 unspecified atom stereocenters. The van der Waals surface area contributed by atoms with E-state index in [2.05, 4.69) is 0 Å². The third kappa shape index (κ3) is 6.31. The number of hydrogen-bond acceptors (Lipinski definition) is 3. The van der Waals surface area contributed by atoms with Crippen molar-refractivity contribution in [2.45, 2.75) is 34.1 Å². The minimum absolute atomic E-state index is 0.0613. The summed E-state index contributed by atoms with van der Waals surface area (Å²) in [6, 6.07) is 0. The molecule has 0 radical (unpaired) electrons. The van der Waals surface area contributed by atoms with Crippen molar-refractivity contribution in [3.05, 3.63) is 0 Å². The minimum Gasteiger partial charge on any atom is -0.465 e. The zero-order valence-corrected chi connectivity index (χ0v) is 8.79. The highest BCUT2D eigenvalue weighted by Crippen LogP contribution is 2.01. The van der Waals surface area contributed by atoms with Crippen LogP contribution in [0.3, 0.4) is 0 Å². The largest absolute Gasteiger partial charge is 0.465 e. The highest BCUT2D eigenvalue weighted by atomic mass is 16.5. The molecule has 3 nitrogen and oxygen atoms in total. The van der Waals surface area contributed by atoms with Gasteiger partial charge in [0.2, 0.25) is 0 Å². The first-order valence-corrected chi connectivity index (χ1v) is 4.61. The number of hydrogen-bond donors (Lipinski definition) is 0. The van der Waals surface area contributed by atoms with Crippen molar-refractivity contribution in [2.75, 3.05) is 6.61 Å². The topological polar surface area (TPSA) is 43.4 Å². The maximum Gasteiger partial charge on any atom is 0.313 e. The van der Waals surface area contributed by atoms with Gasteiger partial charge in [-0.05, 0) is 5.92 Å². The molecule has 0 aliphatic carbocycles. The van der Waals surface area contributed by atoms with Gasteiger partial charge in [0.15, 0.2) is 0 Å². The van der Waals surface area contributed by atoms with Gasteiger partial charge >= 0.3 is 5.97 Å². The lowest BCUT2D eigenvalue weighted by Gasteiger charge is -2.07. The molecule has 0 rings (SSSR count). The van der Waals surface area contributed by atoms with E-state index >= 15 is 0 Å². The fourth-order valence-electron chi connectivity index (χ4n) is 0.657. The summed E-state index contributed by atoms with van der Waals surface area (Å²) >= 11 is 0. The molecular weight excluding hydrogens is 168 g/mol. The zero-order valence-electron chi connectivity index (χ0n) is 8.79. The van der Waals surface area contributed by atoms with E-state index in [1.165, 1.54) is 0 Å². The average molecular weight is 186 g/mol. The van der Waals surface area contributed by atoms with Gasteiger partial charge in [-0.15, -0.1) is 0 Å². The Morgan fingerprint density at radius 1 is 1.15 bits per heavy atom. The molecule has 76 valence electrons. The van der Waals surface area contributed by atoms with Crippen molar-refractivity contribution in [1.82, 2.24) is 0 Å². The van der Waals surface area contributed by atoms with Crippen molar-refractivity contribution in [3.8, 4) is 0 Å². The quantitative estimate of drug-likeness (QED) is 0.485. The number of carbonyl (C=O) groups excluding carboxylic acids is 2. The Morgan fingerprint density at radius 3 is 2.08 bits per heavy atom. The maximum atomic E-state index is 11.1. The number of rotatable bonds is 5. The Hall–Kier alpha value is -0.860. The molecule has 0 saturated carbocycles. The summed E-state index contributed by atoms with van der Waals surface area (Å²) in [4.78, 5) is 22.1. The fourth-order valence-corrected chi connectivity index (χ4v) is 0.657. The fraction of sp³-hybridized carbons (Fsp3) is 0.800. The van der Waals surface area contributed by atoms with Crippen LogP contribution in [0.1, 0.15) is 34.1 Å². The van der Waals surface area contributed by atoms with Crippen LogP contribution in [0.4, 0.5) is 0 Å². The van der Waals surface area contributed by atoms with Gasteiger partial charge in [0.05, 0.1) is 6.61 Å². The minimum atomic E-state index is -0.410. The van der Waals surface area contributed by atoms with Crippen LogP contribution in [-0.2, 0) is 14.3 Å². The Kier molecular flexibility index (Phi) is 5.35. The van der Waals surface area contributed by atoms with E-state index in [0.717, 1.165) is 0 Å². The molecule has 0 aromatic rings. The molecule has 0 amide bonds. The van der Waals surface area contributed by atoms with Crippen LogP contribution in [0.15, 0.2) is 0 Å². The number of ketones is 1. The molecular formula is C10H18O3. The van der Waals surface area contributed by atoms with Crippen molar-refractivity contribution >= 4 is 11.8 Å². The lowest BCUT2D eigenvalue weighted by Crippen LogP contribution is -2.17. The number of esters is 1. The number of carbonyl (C=O) groups is 2. The summed E-state index contributed by atoms with van der Waals surface area (Å²) in [5.41, 5.74) is 0. The molecule has 0 spiro atoms. The predicted molar refractivity (Wildman–Crippen MR) is 50.3 cm³/mol. The van der Waals surface area contributed by atoms with Crippen LogP contribution < -0.4 is 0 Å². The molecule has 0 fully saturated rings. The molecule has 13 heavy (non-hydrogen) atoms. The Bertz CT molecular complexity index is 183. The Labute approximate surface area is 79.5 Å². The summed E-state index contributed by atoms with van der Waals surface area (Å²) in [7, 11) is 0. The van der Waals surface area contributed by atoms with Gasteiger partial charge in [0.1, 0.15) is 12.2 Å². The van der Waals surface area contributed by atoms with E-state index < -0.39 is 5.97 Å². The zero-order chi connectivity index (χ0) is 10.4. The highest BCUT2D eigenvalue weighted by Gasteiger charge is 2.13. The van der Waals surface area contributed by atoms with E-state index in [4.69, 9.17) is 4.74 Å². The Balaban J connectivity index is 3.69. The van der Waals surface area contributed by atoms with Crippen LogP contribution in [0.25, 0.3) is 0 Å². The van der Waals surface area contributed by atoms with Crippen LogP contribution in [-0.4, -0.2) is 18.4 Å². The summed E-state index contributed by atoms with van der Waals surface area (Å²) in [6.07, 6.45) is -0.0929. The first-order chi connectivity index (χ1) is 5.93. The summed E-state index contributed by atoms with van der Waals surface area (Å²) in [5.74, 6) is -0.245. The second-order valence-electron chi connectivity index (χ2n) is 3.87. The normalized spacial score (nSPS) is 10.6. The third-order valence-corrected chi connectivity index (χ3v) is 1.54. The number of Topliss-reactive ketones (excluding diaryl/α,β-unsaturated/α-hetero) is 1. The van der Waals surface area contributed by atoms with E-state index in [-0.39, 0.29) is 18.1 Å². The van der Waals surface area contributed by atoms with Crippen molar-refractivity contribution in [1.29, 1.82) is 0 Å². The van der Waals surface area contributed by atoms with Crippen LogP contribution in [0.5, 0.6) is 0 Å². The molecule has 3 heteroatoms. The third-order valence-electron chi connectivity index (χ3n) is 1.54. The molecule has 0 bridgehead atoms. The number of ether oxygens (including phenoxy) is 1. The molecule has 0 N–H and O–H groups in total. The standard InChI is InChI=1S/C10H18O3/c1-7(2)6-13-10(12)5-9(11)8(3)4/h7-8H,5-6H2,1-4H3. The Morgan fingerprint density at radius 2 is 1.69 bits per heavy atom. The smallest absolute Gasteiger partial charge is 0.313 e. The lowest BCUT2D eigenvalue weighted by atomic mass is 10.1. The van der Waals surface area contributed by atoms with Crippen LogP contribution in [0, 0.1) is 11.8 Å². The van der Waals surface area contributed by atoms with Gasteiger partial charge in [-0.1, -0.05) is 27.7 Å². The van der Waals surface area contributed by atoms with Crippen molar-refractivity contribution in [3.63, 3.8) is 0 Å². The molecule has 0 atom stereocenters. The van der Waals surface area contributed by atoms with E-state index in [9.17, 15) is 9.59 Å². The molecule has 0 heterocycles. The van der Waals surface area contributed by atoms with Gasteiger partial charge in [-0.2, -0.15) is 0 Å². The first kappa shape index (κ1) is 12.1. The molecule has 0 aliphatic rings. The molecule has 0 aromatic carbocycles. The average Bonchev–Trinajstić information content (AvgIpc) is 2.00. The second-order valence-corrected chi connectivity index (χ2v) is 3.87. The monoisotopic (exact) mass is 186 g/mol. The van der Waals surface area contributed by atoms with Crippen LogP contribution in [0.2, 0.25) is 0 Å². The van der Waals surface area contributed by atoms with Crippen molar-refractivity contribution in [2.24, 2.45) is 11.8 Å². The van der Waals surface area contributed by atoms with Crippen molar-refractivity contribution < 1.29 is 14.3 Å². The van der Waals surface area contributed by atoms with Gasteiger partial charge in [0, 0.05) is 5.92 Å². The van der Waals surface area contributed by atoms with Gasteiger partial charge in [0.25, 0.3) is 0 Å². The molecule has 0 aliphatic heterocycles. The van der Waals surface area contributed by atoms with Gasteiger partial charge in [-0.25, -0.2) is 0 Å². The predicted octanol–water partition coefficient (Wildman–Crippen LogP) is 1.80. The van der Waals surface area contributed by atoms with Gasteiger partial charge in [-0.3, -0.25) is 9.59 Å². The summed E-state index contributed by atoms with van der Waals surface area (Å²) in [6.45, 7) is 7.86. The second kappa shape index (κ2) is 5.73. The summed E-state index contributed by atoms with van der Waals surface area (Å²) in [5, 5.41) is 0. The molecule has 0 aromatic heterocycles. The summed E-state index contributed by atoms with van der Waals surface area (Å²) < 4.78 is 4.86. The first-order valence-electron chi connectivity index (χ1n) is 4.61. The molecule has 0 saturated heterocycles. The van der Waals surface area contributed by atoms with Crippen LogP contribution >= 0.6 is 0 Å². The lowest BCUT2D eigenvalue weighted by molar-refractivity contribution is -0.147. The SMILES string of the molecule is CC(C)COC(=O)CC(=O)C(C)C. The van der Waals surface area contributed by atoms with E-state index in [1.807, 2.05) is 13.8 Å².